The summed E-state index contributed by atoms with van der Waals surface area (Å²) in [4.78, 5) is 16.0. The zero-order chi connectivity index (χ0) is 9.14. The van der Waals surface area contributed by atoms with Crippen LogP contribution in [0.3, 0.4) is 0 Å². The van der Waals surface area contributed by atoms with E-state index < -0.39 is 0 Å². The zero-order valence-electron chi connectivity index (χ0n) is 6.70. The van der Waals surface area contributed by atoms with Gasteiger partial charge in [0.05, 0.1) is 5.51 Å². The van der Waals surface area contributed by atoms with Crippen molar-refractivity contribution in [3.05, 3.63) is 16.1 Å². The Labute approximate surface area is 88.8 Å². The summed E-state index contributed by atoms with van der Waals surface area (Å²) in [6.45, 7) is 4.05. The van der Waals surface area contributed by atoms with Crippen molar-refractivity contribution in [1.82, 2.24) is 4.98 Å². The predicted molar refractivity (Wildman–Crippen MR) is 55.6 cm³/mol. The Balaban J connectivity index is 2.99. The molecule has 66 valence electrons. The molecule has 0 spiro atoms. The minimum Gasteiger partial charge on any atom is -0.390 e. The Morgan fingerprint density at radius 3 is 2.92 bits per heavy atom. The van der Waals surface area contributed by atoms with Gasteiger partial charge in [-0.05, 0) is 5.92 Å². The summed E-state index contributed by atoms with van der Waals surface area (Å²) < 4.78 is 4.56. The van der Waals surface area contributed by atoms with E-state index >= 15 is 0 Å². The number of carbonyl (C=O) groups excluding carboxylic acids is 1. The maximum Gasteiger partial charge on any atom is 0.367 e. The molecule has 0 aromatic carbocycles. The lowest BCUT2D eigenvalue weighted by Gasteiger charge is -2.01. The first-order chi connectivity index (χ1) is 5.66. The Kier molecular flexibility index (Phi) is 3.45. The summed E-state index contributed by atoms with van der Waals surface area (Å²) in [5.41, 5.74) is 2.11. The van der Waals surface area contributed by atoms with Gasteiger partial charge in [0.1, 0.15) is 0 Å². The molecule has 1 rings (SSSR count). The van der Waals surface area contributed by atoms with Crippen molar-refractivity contribution >= 4 is 40.3 Å². The lowest BCUT2D eigenvalue weighted by molar-refractivity contribution is 0.0794. The maximum absolute atomic E-state index is 11.1. The van der Waals surface area contributed by atoms with Gasteiger partial charge >= 0.3 is 5.97 Å². The van der Waals surface area contributed by atoms with Gasteiger partial charge in [-0.25, -0.2) is 9.78 Å². The van der Waals surface area contributed by atoms with Gasteiger partial charge in [0.15, 0.2) is 28.7 Å². The summed E-state index contributed by atoms with van der Waals surface area (Å²) in [7, 11) is 0. The summed E-state index contributed by atoms with van der Waals surface area (Å²) in [5, 5.41) is 0. The van der Waals surface area contributed by atoms with Crippen molar-refractivity contribution in [2.24, 2.45) is 0 Å². The fraction of sp³-hybridized carbons (Fsp3) is 0.429. The summed E-state index contributed by atoms with van der Waals surface area (Å²) in [5.74, 6) is -0.0384. The number of halogens is 1. The molecule has 0 saturated heterocycles. The van der Waals surface area contributed by atoms with E-state index in [1.54, 1.807) is 28.5 Å². The van der Waals surface area contributed by atoms with Crippen LogP contribution in [0.4, 0.5) is 0 Å². The first kappa shape index (κ1) is 9.91. The van der Waals surface area contributed by atoms with Crippen LogP contribution in [-0.4, -0.2) is 11.0 Å². The second-order valence-corrected chi connectivity index (χ2v) is 3.91. The molecular weight excluding hydrogens is 289 g/mol. The smallest absolute Gasteiger partial charge is 0.367 e. The fourth-order valence-electron chi connectivity index (χ4n) is 0.855. The molecule has 0 radical (unpaired) electrons. The van der Waals surface area contributed by atoms with E-state index in [-0.39, 0.29) is 5.97 Å². The molecule has 0 aliphatic carbocycles. The van der Waals surface area contributed by atoms with Gasteiger partial charge in [-0.3, -0.25) is 0 Å². The van der Waals surface area contributed by atoms with Crippen molar-refractivity contribution < 1.29 is 7.86 Å². The quantitative estimate of drug-likeness (QED) is 0.788. The molecular formula is C7H8INO2S. The lowest BCUT2D eigenvalue weighted by atomic mass is 10.1. The Hall–Kier alpha value is -0.170. The number of hydrogen-bond acceptors (Lipinski definition) is 4. The molecule has 3 nitrogen and oxygen atoms in total. The van der Waals surface area contributed by atoms with Gasteiger partial charge in [-0.2, -0.15) is 0 Å². The molecule has 0 fully saturated rings. The molecule has 0 aliphatic heterocycles. The highest BCUT2D eigenvalue weighted by Gasteiger charge is 2.17. The Bertz CT molecular complexity index is 285. The summed E-state index contributed by atoms with van der Waals surface area (Å²) in [6, 6.07) is 0. The fourth-order valence-corrected chi connectivity index (χ4v) is 1.85. The highest BCUT2D eigenvalue weighted by Crippen LogP contribution is 2.24. The topological polar surface area (TPSA) is 39.2 Å². The van der Waals surface area contributed by atoms with Gasteiger partial charge in [0, 0.05) is 4.88 Å². The molecule has 0 N–H and O–H groups in total. The van der Waals surface area contributed by atoms with Crippen molar-refractivity contribution in [3.63, 3.8) is 0 Å². The van der Waals surface area contributed by atoms with Gasteiger partial charge < -0.3 is 3.07 Å². The van der Waals surface area contributed by atoms with Gasteiger partial charge in [-0.1, -0.05) is 13.8 Å². The van der Waals surface area contributed by atoms with E-state index in [0.717, 1.165) is 4.88 Å². The van der Waals surface area contributed by atoms with E-state index in [4.69, 9.17) is 0 Å². The van der Waals surface area contributed by atoms with Crippen molar-refractivity contribution in [2.45, 2.75) is 19.8 Å². The largest absolute Gasteiger partial charge is 0.390 e. The summed E-state index contributed by atoms with van der Waals surface area (Å²) >= 11 is 3.06. The van der Waals surface area contributed by atoms with Crippen molar-refractivity contribution in [1.29, 1.82) is 0 Å². The molecule has 0 saturated carbocycles. The molecule has 0 amide bonds. The SMILES string of the molecule is CC(C)c1scnc1C(=O)OI. The maximum atomic E-state index is 11.1. The van der Waals surface area contributed by atoms with Crippen LogP contribution in [0, 0.1) is 0 Å². The van der Waals surface area contributed by atoms with E-state index in [2.05, 4.69) is 8.05 Å². The Morgan fingerprint density at radius 2 is 2.42 bits per heavy atom. The second-order valence-electron chi connectivity index (χ2n) is 2.58. The Morgan fingerprint density at radius 1 is 1.75 bits per heavy atom. The van der Waals surface area contributed by atoms with Gasteiger partial charge in [-0.15, -0.1) is 11.3 Å². The molecule has 0 aliphatic rings. The second kappa shape index (κ2) is 4.18. The summed E-state index contributed by atoms with van der Waals surface area (Å²) in [6.07, 6.45) is 0. The van der Waals surface area contributed by atoms with Crippen LogP contribution in [0.2, 0.25) is 0 Å². The standard InChI is InChI=1S/C7H8INO2S/c1-4(2)6-5(7(10)11-8)9-3-12-6/h3-4H,1-2H3. The highest BCUT2D eigenvalue weighted by atomic mass is 127. The lowest BCUT2D eigenvalue weighted by Crippen LogP contribution is -2.02. The van der Waals surface area contributed by atoms with Crippen molar-refractivity contribution in [3.8, 4) is 0 Å². The van der Waals surface area contributed by atoms with Crippen LogP contribution in [0.1, 0.15) is 35.1 Å². The van der Waals surface area contributed by atoms with E-state index in [0.29, 0.717) is 11.6 Å². The third-order valence-corrected chi connectivity index (χ3v) is 2.91. The van der Waals surface area contributed by atoms with E-state index in [1.807, 2.05) is 13.8 Å². The molecule has 0 atom stereocenters. The number of thiazole rings is 1. The number of aromatic nitrogens is 1. The van der Waals surface area contributed by atoms with Crippen molar-refractivity contribution in [2.75, 3.05) is 0 Å². The van der Waals surface area contributed by atoms with Crippen LogP contribution < -0.4 is 0 Å². The first-order valence-corrected chi connectivity index (χ1v) is 5.19. The zero-order valence-corrected chi connectivity index (χ0v) is 9.68. The molecule has 1 heterocycles. The molecule has 1 aromatic heterocycles. The predicted octanol–water partition coefficient (Wildman–Crippen LogP) is 2.77. The minimum absolute atomic E-state index is 0.322. The number of rotatable bonds is 2. The molecule has 5 heteroatoms. The third-order valence-electron chi connectivity index (χ3n) is 1.38. The highest BCUT2D eigenvalue weighted by molar-refractivity contribution is 14.1. The average Bonchev–Trinajstić information content (AvgIpc) is 2.50. The molecule has 1 aromatic rings. The van der Waals surface area contributed by atoms with Crippen LogP contribution in [0.15, 0.2) is 5.51 Å². The van der Waals surface area contributed by atoms with Crippen LogP contribution in [0.5, 0.6) is 0 Å². The van der Waals surface area contributed by atoms with Crippen LogP contribution >= 0.6 is 34.3 Å². The molecule has 12 heavy (non-hydrogen) atoms. The number of carbonyl (C=O) groups is 1. The molecule has 0 unspecified atom stereocenters. The van der Waals surface area contributed by atoms with E-state index in [9.17, 15) is 4.79 Å². The molecule has 0 bridgehead atoms. The van der Waals surface area contributed by atoms with Crippen LogP contribution in [0.25, 0.3) is 0 Å². The van der Waals surface area contributed by atoms with Crippen LogP contribution in [-0.2, 0) is 3.07 Å². The minimum atomic E-state index is -0.361. The average molecular weight is 297 g/mol. The van der Waals surface area contributed by atoms with Gasteiger partial charge in [0.25, 0.3) is 0 Å². The van der Waals surface area contributed by atoms with E-state index in [1.165, 1.54) is 11.3 Å². The van der Waals surface area contributed by atoms with Gasteiger partial charge in [0.2, 0.25) is 0 Å². The third kappa shape index (κ3) is 1.95. The monoisotopic (exact) mass is 297 g/mol. The normalized spacial score (nSPS) is 10.3. The first-order valence-electron chi connectivity index (χ1n) is 3.43. The number of nitrogens with zero attached hydrogens (tertiary/aromatic N) is 1. The number of hydrogen-bond donors (Lipinski definition) is 0.